The number of fused-ring (bicyclic) bond motifs is 1. The first-order valence-electron chi connectivity index (χ1n) is 5.77. The van der Waals surface area contributed by atoms with Crippen molar-refractivity contribution in [3.63, 3.8) is 0 Å². The molecule has 0 amide bonds. The number of phenolic OH excluding ortho intramolecular Hbond substituents is 1. The summed E-state index contributed by atoms with van der Waals surface area (Å²) >= 11 is 0. The molecular weight excluding hydrogens is 226 g/mol. The zero-order valence-electron chi connectivity index (χ0n) is 10.2. The molecule has 0 aliphatic carbocycles. The second-order valence-electron chi connectivity index (χ2n) is 4.41. The summed E-state index contributed by atoms with van der Waals surface area (Å²) in [5.74, 6) is 1.04. The lowest BCUT2D eigenvalue weighted by Gasteiger charge is -2.02. The number of imidazole rings is 1. The lowest BCUT2D eigenvalue weighted by molar-refractivity contribution is 0.475. The second-order valence-corrected chi connectivity index (χ2v) is 4.41. The number of benzene rings is 1. The molecule has 4 nitrogen and oxygen atoms in total. The van der Waals surface area contributed by atoms with Crippen LogP contribution in [0, 0.1) is 13.8 Å². The van der Waals surface area contributed by atoms with Crippen molar-refractivity contribution < 1.29 is 5.11 Å². The maximum atomic E-state index is 9.42. The third-order valence-corrected chi connectivity index (χ3v) is 2.95. The summed E-state index contributed by atoms with van der Waals surface area (Å²) in [6.45, 7) is 3.89. The molecule has 0 saturated carbocycles. The lowest BCUT2D eigenvalue weighted by atomic mass is 10.1. The van der Waals surface area contributed by atoms with E-state index in [1.54, 1.807) is 12.1 Å². The van der Waals surface area contributed by atoms with Crippen molar-refractivity contribution in [2.75, 3.05) is 0 Å². The predicted octanol–water partition coefficient (Wildman–Crippen LogP) is 2.95. The van der Waals surface area contributed by atoms with Crippen LogP contribution >= 0.6 is 0 Å². The van der Waals surface area contributed by atoms with E-state index in [1.807, 2.05) is 32.0 Å². The summed E-state index contributed by atoms with van der Waals surface area (Å²) in [5.41, 5.74) is 4.54. The van der Waals surface area contributed by atoms with Crippen LogP contribution in [0.1, 0.15) is 11.3 Å². The van der Waals surface area contributed by atoms with E-state index in [4.69, 9.17) is 0 Å². The molecule has 2 heterocycles. The Hall–Kier alpha value is -2.36. The van der Waals surface area contributed by atoms with Gasteiger partial charge in [-0.2, -0.15) is 0 Å². The highest BCUT2D eigenvalue weighted by Crippen LogP contribution is 2.25. The minimum absolute atomic E-state index is 0.265. The van der Waals surface area contributed by atoms with Crippen LogP contribution < -0.4 is 0 Å². The van der Waals surface area contributed by atoms with E-state index < -0.39 is 0 Å². The SMILES string of the molecule is Cc1ccc2[nH]c(-c3ccc(O)cc3C)nc2n1. The highest BCUT2D eigenvalue weighted by Gasteiger charge is 2.09. The molecule has 0 atom stereocenters. The Balaban J connectivity index is 2.19. The van der Waals surface area contributed by atoms with Gasteiger partial charge in [-0.3, -0.25) is 0 Å². The number of hydrogen-bond donors (Lipinski definition) is 2. The van der Waals surface area contributed by atoms with Crippen LogP contribution in [0.15, 0.2) is 30.3 Å². The van der Waals surface area contributed by atoms with Gasteiger partial charge in [-0.15, -0.1) is 0 Å². The van der Waals surface area contributed by atoms with E-state index in [0.717, 1.165) is 33.8 Å². The number of aryl methyl sites for hydroxylation is 2. The molecule has 4 heteroatoms. The molecule has 0 aliphatic heterocycles. The largest absolute Gasteiger partial charge is 0.508 e. The predicted molar refractivity (Wildman–Crippen MR) is 70.5 cm³/mol. The normalized spacial score (nSPS) is 11.0. The van der Waals surface area contributed by atoms with Gasteiger partial charge in [0.15, 0.2) is 5.65 Å². The van der Waals surface area contributed by atoms with Gasteiger partial charge >= 0.3 is 0 Å². The molecule has 0 bridgehead atoms. The molecule has 1 aromatic carbocycles. The molecule has 18 heavy (non-hydrogen) atoms. The van der Waals surface area contributed by atoms with Crippen LogP contribution in [-0.2, 0) is 0 Å². The first-order chi connectivity index (χ1) is 8.63. The quantitative estimate of drug-likeness (QED) is 0.686. The average Bonchev–Trinajstić information content (AvgIpc) is 2.71. The maximum absolute atomic E-state index is 9.42. The van der Waals surface area contributed by atoms with Gasteiger partial charge in [0.05, 0.1) is 5.52 Å². The summed E-state index contributed by atoms with van der Waals surface area (Å²) in [4.78, 5) is 12.1. The molecule has 3 rings (SSSR count). The van der Waals surface area contributed by atoms with Gasteiger partial charge in [-0.05, 0) is 49.7 Å². The van der Waals surface area contributed by atoms with Crippen molar-refractivity contribution in [2.45, 2.75) is 13.8 Å². The summed E-state index contributed by atoms with van der Waals surface area (Å²) in [6, 6.07) is 9.17. The number of aromatic hydroxyl groups is 1. The zero-order chi connectivity index (χ0) is 12.7. The Labute approximate surface area is 104 Å². The number of phenols is 1. The molecule has 2 N–H and O–H groups in total. The summed E-state index contributed by atoms with van der Waals surface area (Å²) in [5, 5.41) is 9.42. The molecule has 0 radical (unpaired) electrons. The van der Waals surface area contributed by atoms with Crippen molar-refractivity contribution in [1.29, 1.82) is 0 Å². The van der Waals surface area contributed by atoms with Crippen molar-refractivity contribution in [1.82, 2.24) is 15.0 Å². The second kappa shape index (κ2) is 3.84. The van der Waals surface area contributed by atoms with Crippen molar-refractivity contribution in [3.8, 4) is 17.1 Å². The Morgan fingerprint density at radius 3 is 2.67 bits per heavy atom. The topological polar surface area (TPSA) is 61.8 Å². The number of aromatic nitrogens is 3. The number of hydrogen-bond acceptors (Lipinski definition) is 3. The maximum Gasteiger partial charge on any atom is 0.178 e. The fourth-order valence-corrected chi connectivity index (χ4v) is 2.03. The third-order valence-electron chi connectivity index (χ3n) is 2.95. The van der Waals surface area contributed by atoms with Crippen molar-refractivity contribution in [3.05, 3.63) is 41.6 Å². The van der Waals surface area contributed by atoms with E-state index in [0.29, 0.717) is 0 Å². The van der Waals surface area contributed by atoms with Crippen molar-refractivity contribution in [2.24, 2.45) is 0 Å². The van der Waals surface area contributed by atoms with Crippen LogP contribution in [0.5, 0.6) is 5.75 Å². The number of rotatable bonds is 1. The van der Waals surface area contributed by atoms with Crippen molar-refractivity contribution >= 4 is 11.2 Å². The molecule has 0 unspecified atom stereocenters. The first kappa shape index (κ1) is 10.8. The van der Waals surface area contributed by atoms with Gasteiger partial charge in [0.2, 0.25) is 0 Å². The smallest absolute Gasteiger partial charge is 0.178 e. The number of pyridine rings is 1. The summed E-state index contributed by atoms with van der Waals surface area (Å²) in [6.07, 6.45) is 0. The fraction of sp³-hybridized carbons (Fsp3) is 0.143. The molecule has 3 aromatic rings. The molecular formula is C14H13N3O. The van der Waals surface area contributed by atoms with Gasteiger partial charge in [-0.25, -0.2) is 9.97 Å². The van der Waals surface area contributed by atoms with Gasteiger partial charge < -0.3 is 10.1 Å². The van der Waals surface area contributed by atoms with E-state index in [1.165, 1.54) is 0 Å². The molecule has 0 aliphatic rings. The van der Waals surface area contributed by atoms with Crippen LogP contribution in [-0.4, -0.2) is 20.1 Å². The Morgan fingerprint density at radius 2 is 1.89 bits per heavy atom. The standard InChI is InChI=1S/C14H13N3O/c1-8-7-10(18)4-5-11(8)13-16-12-6-3-9(2)15-14(12)17-13/h3-7,18H,1-2H3,(H,15,16,17). The Bertz CT molecular complexity index is 731. The number of H-pyrrole nitrogens is 1. The minimum Gasteiger partial charge on any atom is -0.508 e. The highest BCUT2D eigenvalue weighted by molar-refractivity contribution is 5.77. The van der Waals surface area contributed by atoms with Gasteiger partial charge in [0, 0.05) is 11.3 Å². The van der Waals surface area contributed by atoms with Gasteiger partial charge in [0.25, 0.3) is 0 Å². The molecule has 0 saturated heterocycles. The monoisotopic (exact) mass is 239 g/mol. The average molecular weight is 239 g/mol. The Kier molecular flexibility index (Phi) is 2.30. The zero-order valence-corrected chi connectivity index (χ0v) is 10.2. The van der Waals surface area contributed by atoms with E-state index in [-0.39, 0.29) is 5.75 Å². The van der Waals surface area contributed by atoms with Gasteiger partial charge in [0.1, 0.15) is 11.6 Å². The molecule has 0 fully saturated rings. The van der Waals surface area contributed by atoms with Crippen LogP contribution in [0.3, 0.4) is 0 Å². The molecule has 90 valence electrons. The third kappa shape index (κ3) is 1.72. The number of nitrogens with zero attached hydrogens (tertiary/aromatic N) is 2. The molecule has 2 aromatic heterocycles. The Morgan fingerprint density at radius 1 is 1.06 bits per heavy atom. The van der Waals surface area contributed by atoms with E-state index in [9.17, 15) is 5.11 Å². The molecule has 0 spiro atoms. The fourth-order valence-electron chi connectivity index (χ4n) is 2.03. The first-order valence-corrected chi connectivity index (χ1v) is 5.77. The van der Waals surface area contributed by atoms with E-state index in [2.05, 4.69) is 15.0 Å². The lowest BCUT2D eigenvalue weighted by Crippen LogP contribution is -1.85. The number of nitrogens with one attached hydrogen (secondary N) is 1. The minimum atomic E-state index is 0.265. The van der Waals surface area contributed by atoms with Crippen LogP contribution in [0.2, 0.25) is 0 Å². The van der Waals surface area contributed by atoms with Crippen LogP contribution in [0.25, 0.3) is 22.6 Å². The number of aromatic amines is 1. The van der Waals surface area contributed by atoms with Gasteiger partial charge in [-0.1, -0.05) is 0 Å². The van der Waals surface area contributed by atoms with E-state index >= 15 is 0 Å². The summed E-state index contributed by atoms with van der Waals surface area (Å²) < 4.78 is 0. The highest BCUT2D eigenvalue weighted by atomic mass is 16.3. The van der Waals surface area contributed by atoms with Crippen LogP contribution in [0.4, 0.5) is 0 Å². The summed E-state index contributed by atoms with van der Waals surface area (Å²) in [7, 11) is 0.